The zero-order valence-electron chi connectivity index (χ0n) is 11.5. The van der Waals surface area contributed by atoms with Crippen LogP contribution in [-0.2, 0) is 10.1 Å². The minimum absolute atomic E-state index is 0. The molecule has 106 valence electrons. The number of amides is 2. The van der Waals surface area contributed by atoms with Gasteiger partial charge < -0.3 is 4.55 Å². The summed E-state index contributed by atoms with van der Waals surface area (Å²) in [6.07, 6.45) is 0. The summed E-state index contributed by atoms with van der Waals surface area (Å²) in [7, 11) is -4.56. The summed E-state index contributed by atoms with van der Waals surface area (Å²) < 4.78 is 32.6. The molecule has 0 unspecified atom stereocenters. The molecule has 0 aliphatic carbocycles. The van der Waals surface area contributed by atoms with Gasteiger partial charge in [-0.1, -0.05) is 12.1 Å². The van der Waals surface area contributed by atoms with Gasteiger partial charge in [-0.05, 0) is 36.4 Å². The number of imide groups is 1. The topological polar surface area (TPSA) is 94.6 Å². The van der Waals surface area contributed by atoms with E-state index in [0.29, 0.717) is 11.1 Å². The van der Waals surface area contributed by atoms with Gasteiger partial charge in [0.2, 0.25) is 0 Å². The minimum Gasteiger partial charge on any atom is -0.744 e. The van der Waals surface area contributed by atoms with Crippen LogP contribution in [0.2, 0.25) is 0 Å². The zero-order valence-corrected chi connectivity index (χ0v) is 12.3. The van der Waals surface area contributed by atoms with Crippen LogP contribution in [0.25, 0.3) is 0 Å². The quantitative estimate of drug-likeness (QED) is 0.378. The minimum atomic E-state index is -4.56. The second-order valence-electron chi connectivity index (χ2n) is 4.44. The largest absolute Gasteiger partial charge is 1.00 e. The molecule has 22 heavy (non-hydrogen) atoms. The van der Waals surface area contributed by atoms with E-state index >= 15 is 0 Å². The van der Waals surface area contributed by atoms with Crippen LogP contribution in [0.4, 0.5) is 5.69 Å². The van der Waals surface area contributed by atoms with Crippen molar-refractivity contribution in [3.8, 4) is 0 Å². The van der Waals surface area contributed by atoms with Gasteiger partial charge in [-0.3, -0.25) is 9.59 Å². The molecule has 0 atom stereocenters. The second-order valence-corrected chi connectivity index (χ2v) is 5.82. The van der Waals surface area contributed by atoms with Crippen molar-refractivity contribution in [1.82, 2.24) is 0 Å². The van der Waals surface area contributed by atoms with E-state index in [2.05, 4.69) is 0 Å². The Kier molecular flexibility index (Phi) is 4.27. The van der Waals surface area contributed by atoms with E-state index in [4.69, 9.17) is 0 Å². The molecule has 1 aliphatic heterocycles. The van der Waals surface area contributed by atoms with Gasteiger partial charge in [0.1, 0.15) is 10.1 Å². The van der Waals surface area contributed by atoms with Crippen molar-refractivity contribution in [3.05, 3.63) is 59.7 Å². The normalized spacial score (nSPS) is 13.8. The summed E-state index contributed by atoms with van der Waals surface area (Å²) in [5.41, 5.74) is 0.805. The molecule has 0 N–H and O–H groups in total. The number of carbonyl (C=O) groups is 2. The molecule has 2 aromatic carbocycles. The van der Waals surface area contributed by atoms with Crippen LogP contribution in [0.5, 0.6) is 0 Å². The van der Waals surface area contributed by atoms with Gasteiger partial charge in [-0.2, -0.15) is 0 Å². The maximum absolute atomic E-state index is 12.2. The molecule has 1 aliphatic rings. The van der Waals surface area contributed by atoms with Crippen molar-refractivity contribution in [2.24, 2.45) is 0 Å². The molecule has 2 aromatic rings. The number of benzene rings is 2. The Morgan fingerprint density at radius 3 is 1.68 bits per heavy atom. The zero-order chi connectivity index (χ0) is 15.2. The Bertz CT molecular complexity index is 826. The molecule has 8 heteroatoms. The Morgan fingerprint density at radius 1 is 0.818 bits per heavy atom. The van der Waals surface area contributed by atoms with Gasteiger partial charge in [-0.25, -0.2) is 13.3 Å². The third kappa shape index (κ3) is 2.60. The molecule has 0 bridgehead atoms. The number of rotatable bonds is 2. The predicted octanol–water partition coefficient (Wildman–Crippen LogP) is -1.60. The molecule has 0 saturated carbocycles. The molecule has 0 spiro atoms. The molecule has 0 radical (unpaired) electrons. The molecule has 2 amide bonds. The van der Waals surface area contributed by atoms with Gasteiger partial charge in [0.25, 0.3) is 11.8 Å². The first-order valence-electron chi connectivity index (χ1n) is 5.93. The Labute approximate surface area is 138 Å². The monoisotopic (exact) mass is 309 g/mol. The summed E-state index contributed by atoms with van der Waals surface area (Å²) >= 11 is 0. The number of fused-ring (bicyclic) bond motifs is 1. The SMILES string of the molecule is O=C1c2ccccc2C(=O)N1c1ccc(S(=O)(=O)[O-])cc1.[Li+]. The van der Waals surface area contributed by atoms with Gasteiger partial charge in [-0.15, -0.1) is 0 Å². The van der Waals surface area contributed by atoms with E-state index in [1.165, 1.54) is 12.1 Å². The van der Waals surface area contributed by atoms with Crippen molar-refractivity contribution in [3.63, 3.8) is 0 Å². The number of anilines is 1. The summed E-state index contributed by atoms with van der Waals surface area (Å²) in [5.74, 6) is -0.957. The third-order valence-electron chi connectivity index (χ3n) is 3.18. The Hall–Kier alpha value is -1.91. The van der Waals surface area contributed by atoms with Crippen LogP contribution in [-0.4, -0.2) is 24.8 Å². The van der Waals surface area contributed by atoms with Crippen molar-refractivity contribution < 1.29 is 41.4 Å². The number of carbonyl (C=O) groups excluding carboxylic acids is 2. The first-order chi connectivity index (χ1) is 9.89. The van der Waals surface area contributed by atoms with E-state index in [1.54, 1.807) is 24.3 Å². The fourth-order valence-electron chi connectivity index (χ4n) is 2.19. The predicted molar refractivity (Wildman–Crippen MR) is 72.0 cm³/mol. The van der Waals surface area contributed by atoms with Crippen LogP contribution >= 0.6 is 0 Å². The van der Waals surface area contributed by atoms with Crippen LogP contribution < -0.4 is 23.8 Å². The average molecular weight is 309 g/mol. The summed E-state index contributed by atoms with van der Waals surface area (Å²) in [6, 6.07) is 11.1. The fraction of sp³-hybridized carbons (Fsp3) is 0. The summed E-state index contributed by atoms with van der Waals surface area (Å²) in [4.78, 5) is 25.0. The number of hydrogen-bond acceptors (Lipinski definition) is 5. The van der Waals surface area contributed by atoms with Gasteiger partial charge in [0, 0.05) is 0 Å². The van der Waals surface area contributed by atoms with Crippen LogP contribution in [0.15, 0.2) is 53.4 Å². The first kappa shape index (κ1) is 16.5. The summed E-state index contributed by atoms with van der Waals surface area (Å²) in [5, 5.41) is 0. The molecule has 0 fully saturated rings. The molecule has 1 heterocycles. The standard InChI is InChI=1S/C14H9NO5S.Li/c16-13-11-3-1-2-4-12(11)14(17)15(13)9-5-7-10(8-6-9)21(18,19)20;/h1-8H,(H,18,19,20);/q;+1/p-1. The Morgan fingerprint density at radius 2 is 1.27 bits per heavy atom. The van der Waals surface area contributed by atoms with E-state index in [9.17, 15) is 22.6 Å². The second kappa shape index (κ2) is 5.70. The van der Waals surface area contributed by atoms with E-state index in [1.807, 2.05) is 0 Å². The van der Waals surface area contributed by atoms with E-state index in [-0.39, 0.29) is 24.5 Å². The first-order valence-corrected chi connectivity index (χ1v) is 7.34. The van der Waals surface area contributed by atoms with Crippen molar-refractivity contribution in [2.45, 2.75) is 4.90 Å². The van der Waals surface area contributed by atoms with Crippen molar-refractivity contribution in [2.75, 3.05) is 4.90 Å². The maximum atomic E-state index is 12.2. The molecule has 3 rings (SSSR count). The summed E-state index contributed by atoms with van der Waals surface area (Å²) in [6.45, 7) is 0. The molecular formula is C14H8LiNO5S. The molecule has 0 saturated heterocycles. The maximum Gasteiger partial charge on any atom is 1.00 e. The molecule has 0 aromatic heterocycles. The van der Waals surface area contributed by atoms with Gasteiger partial charge >= 0.3 is 18.9 Å². The van der Waals surface area contributed by atoms with Gasteiger partial charge in [0.15, 0.2) is 0 Å². The van der Waals surface area contributed by atoms with Crippen LogP contribution in [0.3, 0.4) is 0 Å². The molecular weight excluding hydrogens is 301 g/mol. The number of hydrogen-bond donors (Lipinski definition) is 0. The van der Waals surface area contributed by atoms with Crippen LogP contribution in [0.1, 0.15) is 20.7 Å². The number of nitrogens with zero attached hydrogens (tertiary/aromatic N) is 1. The smallest absolute Gasteiger partial charge is 0.744 e. The third-order valence-corrected chi connectivity index (χ3v) is 4.03. The van der Waals surface area contributed by atoms with Crippen molar-refractivity contribution >= 4 is 27.6 Å². The van der Waals surface area contributed by atoms with Crippen LogP contribution in [0, 0.1) is 0 Å². The van der Waals surface area contributed by atoms with E-state index in [0.717, 1.165) is 17.0 Å². The molecule has 6 nitrogen and oxygen atoms in total. The fourth-order valence-corrected chi connectivity index (χ4v) is 2.66. The van der Waals surface area contributed by atoms with Crippen molar-refractivity contribution in [1.29, 1.82) is 0 Å². The Balaban J connectivity index is 0.00000176. The van der Waals surface area contributed by atoms with E-state index < -0.39 is 26.8 Å². The average Bonchev–Trinajstić information content (AvgIpc) is 2.71. The van der Waals surface area contributed by atoms with Gasteiger partial charge in [0.05, 0.1) is 21.7 Å².